The molecule has 1 spiro atoms. The van der Waals surface area contributed by atoms with Crippen LogP contribution in [-0.4, -0.2) is 25.0 Å². The molecule has 0 radical (unpaired) electrons. The summed E-state index contributed by atoms with van der Waals surface area (Å²) in [6, 6.07) is 0. The first kappa shape index (κ1) is 10.2. The second kappa shape index (κ2) is 3.69. The fraction of sp³-hybridized carbons (Fsp3) is 0.846. The van der Waals surface area contributed by atoms with E-state index in [1.54, 1.807) is 11.1 Å². The second-order valence-corrected chi connectivity index (χ2v) is 5.34. The largest absolute Gasteiger partial charge is 0.306 e. The van der Waals surface area contributed by atoms with Crippen LogP contribution in [0, 0.1) is 5.41 Å². The van der Waals surface area contributed by atoms with E-state index in [1.165, 1.54) is 45.2 Å². The molecule has 1 heterocycles. The molecule has 0 aromatic carbocycles. The van der Waals surface area contributed by atoms with Crippen LogP contribution in [0.5, 0.6) is 0 Å². The summed E-state index contributed by atoms with van der Waals surface area (Å²) in [5.74, 6) is 0. The lowest BCUT2D eigenvalue weighted by molar-refractivity contribution is 0.136. The minimum Gasteiger partial charge on any atom is -0.306 e. The molecule has 0 saturated carbocycles. The van der Waals surface area contributed by atoms with Crippen LogP contribution in [0.1, 0.15) is 46.0 Å². The predicted octanol–water partition coefficient (Wildman–Crippen LogP) is 3.22. The van der Waals surface area contributed by atoms with Crippen LogP contribution >= 0.6 is 0 Å². The van der Waals surface area contributed by atoms with Crippen molar-refractivity contribution in [1.82, 2.24) is 4.90 Å². The molecule has 0 aromatic rings. The third-order valence-electron chi connectivity index (χ3n) is 4.59. The lowest BCUT2D eigenvalue weighted by Crippen LogP contribution is -2.40. The zero-order valence-corrected chi connectivity index (χ0v) is 9.90. The van der Waals surface area contributed by atoms with Gasteiger partial charge < -0.3 is 4.90 Å². The molecule has 80 valence electrons. The molecule has 14 heavy (non-hydrogen) atoms. The van der Waals surface area contributed by atoms with Gasteiger partial charge in [0.05, 0.1) is 0 Å². The summed E-state index contributed by atoms with van der Waals surface area (Å²) in [5.41, 5.74) is 4.02. The summed E-state index contributed by atoms with van der Waals surface area (Å²) < 4.78 is 0. The maximum absolute atomic E-state index is 2.47. The summed E-state index contributed by atoms with van der Waals surface area (Å²) >= 11 is 0. The maximum atomic E-state index is 2.47. The van der Waals surface area contributed by atoms with Crippen LogP contribution in [-0.2, 0) is 0 Å². The molecule has 0 amide bonds. The number of hydrogen-bond acceptors (Lipinski definition) is 1. The fourth-order valence-electron chi connectivity index (χ4n) is 3.19. The third kappa shape index (κ3) is 1.63. The van der Waals surface area contributed by atoms with Gasteiger partial charge in [-0.1, -0.05) is 11.1 Å². The number of likely N-dealkylation sites (tertiary alicyclic amines) is 1. The smallest absolute Gasteiger partial charge is 0.00134 e. The normalized spacial score (nSPS) is 28.5. The van der Waals surface area contributed by atoms with Gasteiger partial charge in [0.2, 0.25) is 0 Å². The predicted molar refractivity (Wildman–Crippen MR) is 61.4 cm³/mol. The highest BCUT2D eigenvalue weighted by molar-refractivity contribution is 5.23. The standard InChI is InChI=1S/C13H23N/c1-11-5-4-6-13(12(11)2)7-9-14(3)10-8-13/h4-10H2,1-3H3. The Morgan fingerprint density at radius 1 is 1.07 bits per heavy atom. The summed E-state index contributed by atoms with van der Waals surface area (Å²) in [5, 5.41) is 0. The zero-order valence-electron chi connectivity index (χ0n) is 9.90. The van der Waals surface area contributed by atoms with Crippen molar-refractivity contribution in [3.8, 4) is 0 Å². The molecule has 1 heteroatoms. The number of piperidine rings is 1. The van der Waals surface area contributed by atoms with Crippen molar-refractivity contribution in [2.24, 2.45) is 5.41 Å². The maximum Gasteiger partial charge on any atom is -0.00134 e. The molecular formula is C13H23N. The van der Waals surface area contributed by atoms with E-state index in [-0.39, 0.29) is 0 Å². The molecule has 1 aliphatic heterocycles. The highest BCUT2D eigenvalue weighted by Gasteiger charge is 2.37. The van der Waals surface area contributed by atoms with E-state index in [0.717, 1.165) is 0 Å². The van der Waals surface area contributed by atoms with Crippen LogP contribution < -0.4 is 0 Å². The van der Waals surface area contributed by atoms with Crippen LogP contribution in [0.25, 0.3) is 0 Å². The third-order valence-corrected chi connectivity index (χ3v) is 4.59. The van der Waals surface area contributed by atoms with Crippen LogP contribution in [0.4, 0.5) is 0 Å². The average Bonchev–Trinajstić information content (AvgIpc) is 2.19. The summed E-state index contributed by atoms with van der Waals surface area (Å²) in [6.07, 6.45) is 7.01. The molecule has 0 bridgehead atoms. The van der Waals surface area contributed by atoms with E-state index in [0.29, 0.717) is 5.41 Å². The molecule has 2 rings (SSSR count). The van der Waals surface area contributed by atoms with E-state index >= 15 is 0 Å². The Bertz CT molecular complexity index is 244. The first-order valence-electron chi connectivity index (χ1n) is 5.99. The number of allylic oxidation sites excluding steroid dienone is 2. The molecule has 2 aliphatic rings. The molecule has 0 N–H and O–H groups in total. The minimum atomic E-state index is 0.606. The van der Waals surface area contributed by atoms with Crippen molar-refractivity contribution in [2.75, 3.05) is 20.1 Å². The van der Waals surface area contributed by atoms with Crippen LogP contribution in [0.2, 0.25) is 0 Å². The molecule has 1 aliphatic carbocycles. The first-order chi connectivity index (χ1) is 6.64. The van der Waals surface area contributed by atoms with Gasteiger partial charge in [-0.2, -0.15) is 0 Å². The molecule has 1 nitrogen and oxygen atoms in total. The van der Waals surface area contributed by atoms with Gasteiger partial charge in [0, 0.05) is 0 Å². The minimum absolute atomic E-state index is 0.606. The van der Waals surface area contributed by atoms with Gasteiger partial charge in [0.25, 0.3) is 0 Å². The Kier molecular flexibility index (Phi) is 2.70. The van der Waals surface area contributed by atoms with E-state index in [4.69, 9.17) is 0 Å². The van der Waals surface area contributed by atoms with Gasteiger partial charge in [-0.15, -0.1) is 0 Å². The van der Waals surface area contributed by atoms with Gasteiger partial charge in [0.1, 0.15) is 0 Å². The Hall–Kier alpha value is -0.300. The number of rotatable bonds is 0. The highest BCUT2D eigenvalue weighted by Crippen LogP contribution is 2.47. The number of nitrogens with zero attached hydrogens (tertiary/aromatic N) is 1. The summed E-state index contributed by atoms with van der Waals surface area (Å²) in [6.45, 7) is 7.32. The molecule has 1 saturated heterocycles. The SMILES string of the molecule is CC1=C(C)C2(CCC1)CCN(C)CC2. The van der Waals surface area contributed by atoms with Crippen LogP contribution in [0.3, 0.4) is 0 Å². The Morgan fingerprint density at radius 2 is 1.71 bits per heavy atom. The van der Waals surface area contributed by atoms with E-state index < -0.39 is 0 Å². The topological polar surface area (TPSA) is 3.24 Å². The van der Waals surface area contributed by atoms with E-state index in [9.17, 15) is 0 Å². The Morgan fingerprint density at radius 3 is 2.36 bits per heavy atom. The van der Waals surface area contributed by atoms with Crippen molar-refractivity contribution >= 4 is 0 Å². The zero-order chi connectivity index (χ0) is 10.2. The Labute approximate surface area is 88.2 Å². The summed E-state index contributed by atoms with van der Waals surface area (Å²) in [7, 11) is 2.25. The molecule has 0 unspecified atom stereocenters. The molecule has 0 aromatic heterocycles. The van der Waals surface area contributed by atoms with E-state index in [1.807, 2.05) is 0 Å². The molecule has 1 fully saturated rings. The van der Waals surface area contributed by atoms with Crippen molar-refractivity contribution in [3.63, 3.8) is 0 Å². The molecular weight excluding hydrogens is 170 g/mol. The average molecular weight is 193 g/mol. The van der Waals surface area contributed by atoms with Gasteiger partial charge >= 0.3 is 0 Å². The van der Waals surface area contributed by atoms with Crippen molar-refractivity contribution in [3.05, 3.63) is 11.1 Å². The van der Waals surface area contributed by atoms with Crippen molar-refractivity contribution in [1.29, 1.82) is 0 Å². The van der Waals surface area contributed by atoms with Crippen molar-refractivity contribution in [2.45, 2.75) is 46.0 Å². The van der Waals surface area contributed by atoms with Gasteiger partial charge in [-0.05, 0) is 71.5 Å². The first-order valence-corrected chi connectivity index (χ1v) is 5.99. The Balaban J connectivity index is 2.19. The summed E-state index contributed by atoms with van der Waals surface area (Å²) in [4.78, 5) is 2.47. The van der Waals surface area contributed by atoms with Gasteiger partial charge in [-0.3, -0.25) is 0 Å². The highest BCUT2D eigenvalue weighted by atomic mass is 15.1. The van der Waals surface area contributed by atoms with Gasteiger partial charge in [0.15, 0.2) is 0 Å². The second-order valence-electron chi connectivity index (χ2n) is 5.34. The van der Waals surface area contributed by atoms with Crippen LogP contribution in [0.15, 0.2) is 11.1 Å². The molecule has 0 atom stereocenters. The lowest BCUT2D eigenvalue weighted by Gasteiger charge is -2.45. The van der Waals surface area contributed by atoms with Gasteiger partial charge in [-0.25, -0.2) is 0 Å². The fourth-order valence-corrected chi connectivity index (χ4v) is 3.19. The lowest BCUT2D eigenvalue weighted by atomic mass is 9.65. The van der Waals surface area contributed by atoms with E-state index in [2.05, 4.69) is 25.8 Å². The number of hydrogen-bond donors (Lipinski definition) is 0. The van der Waals surface area contributed by atoms with Crippen molar-refractivity contribution < 1.29 is 0 Å². The monoisotopic (exact) mass is 193 g/mol. The quantitative estimate of drug-likeness (QED) is 0.534.